The Morgan fingerprint density at radius 3 is 1.93 bits per heavy atom. The number of hydrogen-bond acceptors (Lipinski definition) is 2. The smallest absolute Gasteiger partial charge is 0.0700 e. The first kappa shape index (κ1) is 13.0. The summed E-state index contributed by atoms with van der Waals surface area (Å²) in [6, 6.07) is 0. The molecule has 0 radical (unpaired) electrons. The molecule has 2 heteroatoms. The van der Waals surface area contributed by atoms with Crippen LogP contribution in [0.1, 0.15) is 48.0 Å². The number of likely N-dealkylation sites (tertiary alicyclic amines) is 1. The van der Waals surface area contributed by atoms with Crippen molar-refractivity contribution in [2.45, 2.75) is 59.6 Å². The maximum atomic E-state index is 10.2. The molecule has 1 heterocycles. The summed E-state index contributed by atoms with van der Waals surface area (Å²) in [7, 11) is 0. The van der Waals surface area contributed by atoms with E-state index in [2.05, 4.69) is 46.4 Å². The molecule has 0 aromatic rings. The lowest BCUT2D eigenvalue weighted by Crippen LogP contribution is -2.54. The second-order valence-electron chi connectivity index (χ2n) is 6.95. The van der Waals surface area contributed by atoms with E-state index in [9.17, 15) is 5.11 Å². The second-order valence-corrected chi connectivity index (χ2v) is 6.95. The maximum Gasteiger partial charge on any atom is 0.0700 e. The SMILES string of the molecule is CC(C)(C)C1CCN(C(C)(C)C)CC1O. The van der Waals surface area contributed by atoms with Crippen molar-refractivity contribution < 1.29 is 5.11 Å². The fourth-order valence-corrected chi connectivity index (χ4v) is 2.55. The van der Waals surface area contributed by atoms with Gasteiger partial charge in [-0.15, -0.1) is 0 Å². The first-order valence-electron chi connectivity index (χ1n) is 6.05. The van der Waals surface area contributed by atoms with E-state index >= 15 is 0 Å². The van der Waals surface area contributed by atoms with Crippen LogP contribution in [0.3, 0.4) is 0 Å². The number of aliphatic hydroxyl groups excluding tert-OH is 1. The fraction of sp³-hybridized carbons (Fsp3) is 1.00. The predicted molar refractivity (Wildman–Crippen MR) is 64.9 cm³/mol. The molecular weight excluding hydrogens is 186 g/mol. The van der Waals surface area contributed by atoms with Gasteiger partial charge in [0.2, 0.25) is 0 Å². The molecule has 1 N–H and O–H groups in total. The molecule has 1 rings (SSSR count). The highest BCUT2D eigenvalue weighted by Crippen LogP contribution is 2.36. The van der Waals surface area contributed by atoms with E-state index in [-0.39, 0.29) is 17.1 Å². The van der Waals surface area contributed by atoms with E-state index in [1.165, 1.54) is 0 Å². The van der Waals surface area contributed by atoms with Crippen LogP contribution in [0.15, 0.2) is 0 Å². The lowest BCUT2D eigenvalue weighted by atomic mass is 9.73. The van der Waals surface area contributed by atoms with Gasteiger partial charge in [-0.05, 0) is 45.1 Å². The summed E-state index contributed by atoms with van der Waals surface area (Å²) in [5.41, 5.74) is 0.410. The Kier molecular flexibility index (Phi) is 3.52. The number of hydrogen-bond donors (Lipinski definition) is 1. The van der Waals surface area contributed by atoms with Crippen LogP contribution in [0.5, 0.6) is 0 Å². The van der Waals surface area contributed by atoms with Crippen molar-refractivity contribution in [2.24, 2.45) is 11.3 Å². The quantitative estimate of drug-likeness (QED) is 0.668. The van der Waals surface area contributed by atoms with Gasteiger partial charge in [0, 0.05) is 12.1 Å². The number of aliphatic hydroxyl groups is 1. The predicted octanol–water partition coefficient (Wildman–Crippen LogP) is 2.51. The highest BCUT2D eigenvalue weighted by molar-refractivity contribution is 4.90. The molecule has 2 atom stereocenters. The van der Waals surface area contributed by atoms with Gasteiger partial charge < -0.3 is 5.11 Å². The van der Waals surface area contributed by atoms with Gasteiger partial charge in [-0.2, -0.15) is 0 Å². The Hall–Kier alpha value is -0.0800. The molecule has 2 unspecified atom stereocenters. The lowest BCUT2D eigenvalue weighted by molar-refractivity contribution is -0.0501. The Morgan fingerprint density at radius 1 is 1.07 bits per heavy atom. The average Bonchev–Trinajstić information content (AvgIpc) is 1.99. The Balaban J connectivity index is 2.64. The van der Waals surface area contributed by atoms with Crippen LogP contribution in [0, 0.1) is 11.3 Å². The minimum Gasteiger partial charge on any atom is -0.391 e. The molecule has 2 nitrogen and oxygen atoms in total. The van der Waals surface area contributed by atoms with E-state index in [0.717, 1.165) is 19.5 Å². The third-order valence-corrected chi connectivity index (χ3v) is 3.64. The second kappa shape index (κ2) is 4.06. The zero-order valence-corrected chi connectivity index (χ0v) is 11.2. The number of piperidine rings is 1. The largest absolute Gasteiger partial charge is 0.391 e. The van der Waals surface area contributed by atoms with Gasteiger partial charge in [0.25, 0.3) is 0 Å². The Morgan fingerprint density at radius 2 is 1.60 bits per heavy atom. The Bertz CT molecular complexity index is 212. The minimum atomic E-state index is -0.169. The highest BCUT2D eigenvalue weighted by atomic mass is 16.3. The van der Waals surface area contributed by atoms with Crippen molar-refractivity contribution >= 4 is 0 Å². The summed E-state index contributed by atoms with van der Waals surface area (Å²) in [4.78, 5) is 2.39. The average molecular weight is 213 g/mol. The zero-order valence-electron chi connectivity index (χ0n) is 11.2. The van der Waals surface area contributed by atoms with E-state index in [1.807, 2.05) is 0 Å². The van der Waals surface area contributed by atoms with Crippen LogP contribution in [-0.2, 0) is 0 Å². The first-order valence-corrected chi connectivity index (χ1v) is 6.05. The molecule has 90 valence electrons. The van der Waals surface area contributed by atoms with Gasteiger partial charge in [-0.3, -0.25) is 4.90 Å². The summed E-state index contributed by atoms with van der Waals surface area (Å²) < 4.78 is 0. The number of nitrogens with zero attached hydrogens (tertiary/aromatic N) is 1. The lowest BCUT2D eigenvalue weighted by Gasteiger charge is -2.47. The topological polar surface area (TPSA) is 23.5 Å². The van der Waals surface area contributed by atoms with Crippen molar-refractivity contribution in [1.29, 1.82) is 0 Å². The first-order chi connectivity index (χ1) is 6.62. The molecule has 0 aromatic carbocycles. The van der Waals surface area contributed by atoms with Crippen molar-refractivity contribution in [1.82, 2.24) is 4.90 Å². The third kappa shape index (κ3) is 3.18. The summed E-state index contributed by atoms with van der Waals surface area (Å²) >= 11 is 0. The van der Waals surface area contributed by atoms with Crippen LogP contribution >= 0.6 is 0 Å². The van der Waals surface area contributed by atoms with E-state index in [0.29, 0.717) is 5.92 Å². The van der Waals surface area contributed by atoms with Crippen molar-refractivity contribution in [3.63, 3.8) is 0 Å². The fourth-order valence-electron chi connectivity index (χ4n) is 2.55. The monoisotopic (exact) mass is 213 g/mol. The summed E-state index contributed by atoms with van der Waals surface area (Å²) in [5.74, 6) is 0.441. The molecule has 1 aliphatic rings. The molecule has 1 aliphatic heterocycles. The molecule has 1 saturated heterocycles. The van der Waals surface area contributed by atoms with Gasteiger partial charge in [0.1, 0.15) is 0 Å². The van der Waals surface area contributed by atoms with E-state index in [1.54, 1.807) is 0 Å². The van der Waals surface area contributed by atoms with Crippen LogP contribution in [0.4, 0.5) is 0 Å². The third-order valence-electron chi connectivity index (χ3n) is 3.64. The van der Waals surface area contributed by atoms with E-state index in [4.69, 9.17) is 0 Å². The van der Waals surface area contributed by atoms with Gasteiger partial charge in [-0.25, -0.2) is 0 Å². The summed E-state index contributed by atoms with van der Waals surface area (Å²) in [6.07, 6.45) is 0.944. The molecule has 15 heavy (non-hydrogen) atoms. The number of β-amino-alcohol motifs (C(OH)–C–C–N with tert-alkyl or cyclic N) is 1. The van der Waals surface area contributed by atoms with Crippen LogP contribution < -0.4 is 0 Å². The van der Waals surface area contributed by atoms with Gasteiger partial charge in [0.05, 0.1) is 6.10 Å². The normalized spacial score (nSPS) is 30.6. The molecule has 0 aliphatic carbocycles. The van der Waals surface area contributed by atoms with Crippen LogP contribution in [0.2, 0.25) is 0 Å². The maximum absolute atomic E-state index is 10.2. The van der Waals surface area contributed by atoms with Gasteiger partial charge in [-0.1, -0.05) is 20.8 Å². The summed E-state index contributed by atoms with van der Waals surface area (Å²) in [5, 5.41) is 10.2. The minimum absolute atomic E-state index is 0.169. The Labute approximate surface area is 94.7 Å². The van der Waals surface area contributed by atoms with Gasteiger partial charge >= 0.3 is 0 Å². The molecule has 0 aromatic heterocycles. The molecular formula is C13H27NO. The zero-order chi connectivity index (χ0) is 11.9. The van der Waals surface area contributed by atoms with Crippen molar-refractivity contribution in [3.05, 3.63) is 0 Å². The van der Waals surface area contributed by atoms with Crippen LogP contribution in [0.25, 0.3) is 0 Å². The van der Waals surface area contributed by atoms with E-state index < -0.39 is 0 Å². The van der Waals surface area contributed by atoms with Crippen LogP contribution in [-0.4, -0.2) is 34.7 Å². The molecule has 0 bridgehead atoms. The number of rotatable bonds is 0. The molecule has 0 saturated carbocycles. The highest BCUT2D eigenvalue weighted by Gasteiger charge is 2.38. The molecule has 0 amide bonds. The molecule has 0 spiro atoms. The van der Waals surface area contributed by atoms with Gasteiger partial charge in [0.15, 0.2) is 0 Å². The standard InChI is InChI=1S/C13H27NO/c1-12(2,3)10-7-8-14(9-11(10)15)13(4,5)6/h10-11,15H,7-9H2,1-6H3. The summed E-state index contributed by atoms with van der Waals surface area (Å²) in [6.45, 7) is 15.3. The van der Waals surface area contributed by atoms with Crippen molar-refractivity contribution in [2.75, 3.05) is 13.1 Å². The molecule has 1 fully saturated rings. The van der Waals surface area contributed by atoms with Crippen molar-refractivity contribution in [3.8, 4) is 0 Å².